The van der Waals surface area contributed by atoms with Crippen LogP contribution in [0.3, 0.4) is 0 Å². The van der Waals surface area contributed by atoms with Gasteiger partial charge in [-0.2, -0.15) is 5.21 Å². The molecule has 0 aliphatic rings. The molecular weight excluding hydrogens is 192 g/mol. The minimum atomic E-state index is 0.589. The van der Waals surface area contributed by atoms with E-state index in [4.69, 9.17) is 0 Å². The van der Waals surface area contributed by atoms with E-state index in [9.17, 15) is 0 Å². The summed E-state index contributed by atoms with van der Waals surface area (Å²) in [6.45, 7) is 3.31. The van der Waals surface area contributed by atoms with Crippen LogP contribution in [0, 0.1) is 6.92 Å². The molecule has 0 spiro atoms. The molecule has 15 heavy (non-hydrogen) atoms. The Balaban J connectivity index is 1.81. The van der Waals surface area contributed by atoms with Crippen LogP contribution in [0.1, 0.15) is 17.1 Å². The fraction of sp³-hybridized carbons (Fsp3) is 0.333. The third-order valence-corrected chi connectivity index (χ3v) is 1.95. The van der Waals surface area contributed by atoms with Gasteiger partial charge in [-0.15, -0.1) is 10.2 Å². The summed E-state index contributed by atoms with van der Waals surface area (Å²) in [5.74, 6) is 0.655. The second kappa shape index (κ2) is 4.61. The predicted molar refractivity (Wildman–Crippen MR) is 53.7 cm³/mol. The van der Waals surface area contributed by atoms with Gasteiger partial charge in [-0.25, -0.2) is 0 Å². The molecule has 2 heterocycles. The van der Waals surface area contributed by atoms with Crippen LogP contribution in [0.15, 0.2) is 18.3 Å². The van der Waals surface area contributed by atoms with Crippen molar-refractivity contribution in [2.45, 2.75) is 20.0 Å². The minimum Gasteiger partial charge on any atom is -0.304 e. The van der Waals surface area contributed by atoms with Crippen LogP contribution in [0.2, 0.25) is 0 Å². The third-order valence-electron chi connectivity index (χ3n) is 1.95. The van der Waals surface area contributed by atoms with E-state index in [1.54, 1.807) is 0 Å². The van der Waals surface area contributed by atoms with E-state index in [0.29, 0.717) is 18.9 Å². The summed E-state index contributed by atoms with van der Waals surface area (Å²) in [7, 11) is 0. The van der Waals surface area contributed by atoms with E-state index < -0.39 is 0 Å². The summed E-state index contributed by atoms with van der Waals surface area (Å²) < 4.78 is 0. The predicted octanol–water partition coefficient (Wildman–Crippen LogP) is 0.193. The zero-order valence-electron chi connectivity index (χ0n) is 8.44. The zero-order valence-corrected chi connectivity index (χ0v) is 8.44. The molecule has 0 saturated carbocycles. The topological polar surface area (TPSA) is 79.4 Å². The highest BCUT2D eigenvalue weighted by Gasteiger charge is 1.97. The summed E-state index contributed by atoms with van der Waals surface area (Å²) in [5, 5.41) is 16.7. The first kappa shape index (κ1) is 9.72. The molecular formula is C9H12N6. The molecule has 0 fully saturated rings. The van der Waals surface area contributed by atoms with E-state index in [2.05, 4.69) is 30.9 Å². The van der Waals surface area contributed by atoms with Gasteiger partial charge < -0.3 is 5.32 Å². The SMILES string of the molecule is Cc1ccc(CNCc2nn[nH]n2)nc1. The summed E-state index contributed by atoms with van der Waals surface area (Å²) in [6.07, 6.45) is 1.85. The number of pyridine rings is 1. The van der Waals surface area contributed by atoms with E-state index in [0.717, 1.165) is 11.3 Å². The fourth-order valence-electron chi connectivity index (χ4n) is 1.16. The van der Waals surface area contributed by atoms with Crippen molar-refractivity contribution in [3.8, 4) is 0 Å². The van der Waals surface area contributed by atoms with Gasteiger partial charge in [0.1, 0.15) is 0 Å². The Morgan fingerprint density at radius 3 is 2.93 bits per heavy atom. The van der Waals surface area contributed by atoms with E-state index in [-0.39, 0.29) is 0 Å². The number of aryl methyl sites for hydroxylation is 1. The van der Waals surface area contributed by atoms with Crippen LogP contribution >= 0.6 is 0 Å². The van der Waals surface area contributed by atoms with Gasteiger partial charge in [0.25, 0.3) is 0 Å². The molecule has 2 aromatic heterocycles. The first-order valence-corrected chi connectivity index (χ1v) is 4.69. The number of nitrogens with one attached hydrogen (secondary N) is 2. The van der Waals surface area contributed by atoms with E-state index >= 15 is 0 Å². The van der Waals surface area contributed by atoms with Crippen molar-refractivity contribution in [2.75, 3.05) is 0 Å². The standard InChI is InChI=1S/C9H12N6/c1-7-2-3-8(11-4-7)5-10-6-9-12-14-15-13-9/h2-4,10H,5-6H2,1H3,(H,12,13,14,15). The van der Waals surface area contributed by atoms with Gasteiger partial charge in [0.2, 0.25) is 0 Å². The largest absolute Gasteiger partial charge is 0.304 e. The Hall–Kier alpha value is -1.82. The van der Waals surface area contributed by atoms with Gasteiger partial charge in [-0.1, -0.05) is 11.3 Å². The van der Waals surface area contributed by atoms with E-state index in [1.165, 1.54) is 0 Å². The Bertz CT molecular complexity index is 393. The molecule has 0 aliphatic heterocycles. The number of hydrogen-bond acceptors (Lipinski definition) is 5. The van der Waals surface area contributed by atoms with Crippen LogP contribution in [0.25, 0.3) is 0 Å². The van der Waals surface area contributed by atoms with Crippen LogP contribution in [0.5, 0.6) is 0 Å². The highest BCUT2D eigenvalue weighted by atomic mass is 15.5. The summed E-state index contributed by atoms with van der Waals surface area (Å²) >= 11 is 0. The molecule has 2 N–H and O–H groups in total. The third kappa shape index (κ3) is 2.81. The van der Waals surface area contributed by atoms with Crippen molar-refractivity contribution in [1.29, 1.82) is 0 Å². The van der Waals surface area contributed by atoms with Crippen LogP contribution in [0.4, 0.5) is 0 Å². The molecule has 78 valence electrons. The number of nitrogens with zero attached hydrogens (tertiary/aromatic N) is 4. The van der Waals surface area contributed by atoms with Crippen molar-refractivity contribution in [2.24, 2.45) is 0 Å². The number of H-pyrrole nitrogens is 1. The average Bonchev–Trinajstić information content (AvgIpc) is 2.74. The van der Waals surface area contributed by atoms with Crippen LogP contribution < -0.4 is 5.32 Å². The Morgan fingerprint density at radius 2 is 2.27 bits per heavy atom. The van der Waals surface area contributed by atoms with Crippen molar-refractivity contribution in [3.63, 3.8) is 0 Å². The highest BCUT2D eigenvalue weighted by molar-refractivity contribution is 5.11. The number of aromatic amines is 1. The minimum absolute atomic E-state index is 0.589. The molecule has 0 amide bonds. The molecule has 0 saturated heterocycles. The lowest BCUT2D eigenvalue weighted by molar-refractivity contribution is 0.652. The summed E-state index contributed by atoms with van der Waals surface area (Å²) in [6, 6.07) is 4.04. The second-order valence-corrected chi connectivity index (χ2v) is 3.26. The van der Waals surface area contributed by atoms with Gasteiger partial charge in [0, 0.05) is 12.7 Å². The average molecular weight is 204 g/mol. The van der Waals surface area contributed by atoms with Crippen LogP contribution in [-0.2, 0) is 13.1 Å². The number of tetrazole rings is 1. The highest BCUT2D eigenvalue weighted by Crippen LogP contribution is 1.98. The Kier molecular flexibility index (Phi) is 2.99. The lowest BCUT2D eigenvalue weighted by atomic mass is 10.3. The van der Waals surface area contributed by atoms with Gasteiger partial charge >= 0.3 is 0 Å². The maximum atomic E-state index is 4.27. The van der Waals surface area contributed by atoms with Crippen molar-refractivity contribution >= 4 is 0 Å². The first-order chi connectivity index (χ1) is 7.34. The molecule has 0 bridgehead atoms. The smallest absolute Gasteiger partial charge is 0.188 e. The number of rotatable bonds is 4. The molecule has 0 atom stereocenters. The lowest BCUT2D eigenvalue weighted by Crippen LogP contribution is -2.14. The summed E-state index contributed by atoms with van der Waals surface area (Å²) in [4.78, 5) is 4.27. The maximum Gasteiger partial charge on any atom is 0.188 e. The number of aromatic nitrogens is 5. The lowest BCUT2D eigenvalue weighted by Gasteiger charge is -2.01. The van der Waals surface area contributed by atoms with Gasteiger partial charge in [-0.3, -0.25) is 4.98 Å². The fourth-order valence-corrected chi connectivity index (χ4v) is 1.16. The van der Waals surface area contributed by atoms with Crippen molar-refractivity contribution < 1.29 is 0 Å². The monoisotopic (exact) mass is 204 g/mol. The Morgan fingerprint density at radius 1 is 1.33 bits per heavy atom. The normalized spacial score (nSPS) is 10.5. The molecule has 2 rings (SSSR count). The Labute approximate surface area is 87.1 Å². The van der Waals surface area contributed by atoms with Gasteiger partial charge in [0.05, 0.1) is 12.2 Å². The van der Waals surface area contributed by atoms with Gasteiger partial charge in [0.15, 0.2) is 5.82 Å². The maximum absolute atomic E-state index is 4.27. The first-order valence-electron chi connectivity index (χ1n) is 4.69. The molecule has 2 aromatic rings. The van der Waals surface area contributed by atoms with Crippen molar-refractivity contribution in [3.05, 3.63) is 35.4 Å². The second-order valence-electron chi connectivity index (χ2n) is 3.26. The molecule has 0 aromatic carbocycles. The molecule has 0 radical (unpaired) electrons. The number of hydrogen-bond donors (Lipinski definition) is 2. The van der Waals surface area contributed by atoms with Crippen molar-refractivity contribution in [1.82, 2.24) is 30.9 Å². The molecule has 6 heteroatoms. The summed E-state index contributed by atoms with van der Waals surface area (Å²) in [5.41, 5.74) is 2.17. The molecule has 6 nitrogen and oxygen atoms in total. The van der Waals surface area contributed by atoms with Gasteiger partial charge in [-0.05, 0) is 18.6 Å². The molecule has 0 unspecified atom stereocenters. The molecule has 0 aliphatic carbocycles. The zero-order chi connectivity index (χ0) is 10.5. The quantitative estimate of drug-likeness (QED) is 0.743. The van der Waals surface area contributed by atoms with Crippen LogP contribution in [-0.4, -0.2) is 25.6 Å². The van der Waals surface area contributed by atoms with E-state index in [1.807, 2.05) is 25.3 Å².